The third kappa shape index (κ3) is 4.55. The molecule has 4 heteroatoms. The lowest BCUT2D eigenvalue weighted by molar-refractivity contribution is -0.117. The molecule has 110 valence electrons. The quantitative estimate of drug-likeness (QED) is 0.828. The van der Waals surface area contributed by atoms with Crippen LogP contribution in [0, 0.1) is 6.92 Å². The van der Waals surface area contributed by atoms with Crippen molar-refractivity contribution in [1.82, 2.24) is 5.32 Å². The number of ether oxygens (including phenoxy) is 1. The lowest BCUT2D eigenvalue weighted by Gasteiger charge is -2.18. The van der Waals surface area contributed by atoms with E-state index in [1.165, 1.54) is 0 Å². The van der Waals surface area contributed by atoms with Crippen LogP contribution in [0.4, 0.5) is 0 Å². The Morgan fingerprint density at radius 2 is 2.19 bits per heavy atom. The maximum atomic E-state index is 11.8. The molecule has 0 aliphatic heterocycles. The van der Waals surface area contributed by atoms with Gasteiger partial charge in [0.1, 0.15) is 0 Å². The van der Waals surface area contributed by atoms with Gasteiger partial charge in [0.15, 0.2) is 0 Å². The van der Waals surface area contributed by atoms with E-state index in [1.54, 1.807) is 30.6 Å². The van der Waals surface area contributed by atoms with Crippen molar-refractivity contribution in [1.29, 1.82) is 0 Å². The van der Waals surface area contributed by atoms with E-state index in [9.17, 15) is 4.79 Å². The largest absolute Gasteiger partial charge is 0.375 e. The molecule has 1 aromatic heterocycles. The first-order valence-electron chi connectivity index (χ1n) is 6.77. The van der Waals surface area contributed by atoms with E-state index in [2.05, 4.69) is 5.32 Å². The fourth-order valence-electron chi connectivity index (χ4n) is 2.06. The molecule has 0 aliphatic carbocycles. The number of carbonyl (C=O) groups excluding carboxylic acids is 1. The van der Waals surface area contributed by atoms with Crippen molar-refractivity contribution in [2.75, 3.05) is 13.7 Å². The molecular formula is C17H19NO2S. The SMILES string of the molecule is CO[C@H](CNC(=O)/C=C/c1ccsc1)c1ccccc1C. The smallest absolute Gasteiger partial charge is 0.244 e. The molecule has 1 atom stereocenters. The van der Waals surface area contributed by atoms with Crippen LogP contribution in [0.3, 0.4) is 0 Å². The predicted molar refractivity (Wildman–Crippen MR) is 87.3 cm³/mol. The van der Waals surface area contributed by atoms with Gasteiger partial charge in [-0.05, 0) is 46.5 Å². The molecule has 21 heavy (non-hydrogen) atoms. The van der Waals surface area contributed by atoms with Gasteiger partial charge in [0.2, 0.25) is 5.91 Å². The highest BCUT2D eigenvalue weighted by molar-refractivity contribution is 7.08. The number of amides is 1. The summed E-state index contributed by atoms with van der Waals surface area (Å²) in [5.74, 6) is -0.114. The van der Waals surface area contributed by atoms with Crippen LogP contribution in [0.5, 0.6) is 0 Å². The monoisotopic (exact) mass is 301 g/mol. The minimum atomic E-state index is -0.135. The van der Waals surface area contributed by atoms with E-state index in [1.807, 2.05) is 48.0 Å². The van der Waals surface area contributed by atoms with E-state index in [-0.39, 0.29) is 12.0 Å². The Morgan fingerprint density at radius 1 is 1.38 bits per heavy atom. The summed E-state index contributed by atoms with van der Waals surface area (Å²) < 4.78 is 5.48. The average molecular weight is 301 g/mol. The van der Waals surface area contributed by atoms with Gasteiger partial charge in [-0.2, -0.15) is 11.3 Å². The Balaban J connectivity index is 1.91. The first-order chi connectivity index (χ1) is 10.2. The first-order valence-corrected chi connectivity index (χ1v) is 7.71. The summed E-state index contributed by atoms with van der Waals surface area (Å²) in [6.45, 7) is 2.49. The number of thiophene rings is 1. The molecule has 0 bridgehead atoms. The molecule has 0 aliphatic rings. The number of carbonyl (C=O) groups is 1. The molecule has 0 spiro atoms. The van der Waals surface area contributed by atoms with Gasteiger partial charge >= 0.3 is 0 Å². The third-order valence-corrected chi connectivity index (χ3v) is 3.95. The van der Waals surface area contributed by atoms with E-state index in [4.69, 9.17) is 4.74 Å². The lowest BCUT2D eigenvalue weighted by atomic mass is 10.0. The van der Waals surface area contributed by atoms with Crippen molar-refractivity contribution < 1.29 is 9.53 Å². The van der Waals surface area contributed by atoms with Crippen LogP contribution in [0.25, 0.3) is 6.08 Å². The van der Waals surface area contributed by atoms with Gasteiger partial charge < -0.3 is 10.1 Å². The molecule has 1 heterocycles. The van der Waals surface area contributed by atoms with Gasteiger partial charge in [0.25, 0.3) is 0 Å². The Labute approximate surface area is 129 Å². The molecule has 0 saturated carbocycles. The fourth-order valence-corrected chi connectivity index (χ4v) is 2.69. The summed E-state index contributed by atoms with van der Waals surface area (Å²) in [6, 6.07) is 10.0. The van der Waals surface area contributed by atoms with Crippen LogP contribution >= 0.6 is 11.3 Å². The summed E-state index contributed by atoms with van der Waals surface area (Å²) in [5.41, 5.74) is 3.30. The highest BCUT2D eigenvalue weighted by atomic mass is 32.1. The molecular weight excluding hydrogens is 282 g/mol. The second-order valence-corrected chi connectivity index (χ2v) is 5.50. The summed E-state index contributed by atoms with van der Waals surface area (Å²) in [6.07, 6.45) is 3.22. The minimum Gasteiger partial charge on any atom is -0.375 e. The molecule has 0 saturated heterocycles. The number of hydrogen-bond donors (Lipinski definition) is 1. The summed E-state index contributed by atoms with van der Waals surface area (Å²) in [7, 11) is 1.66. The third-order valence-electron chi connectivity index (χ3n) is 3.25. The van der Waals surface area contributed by atoms with Gasteiger partial charge in [-0.15, -0.1) is 0 Å². The van der Waals surface area contributed by atoms with Gasteiger partial charge in [-0.1, -0.05) is 24.3 Å². The molecule has 0 unspecified atom stereocenters. The van der Waals surface area contributed by atoms with Gasteiger partial charge in [0.05, 0.1) is 6.10 Å². The number of methoxy groups -OCH3 is 1. The Bertz CT molecular complexity index is 605. The van der Waals surface area contributed by atoms with Crippen LogP contribution in [0.2, 0.25) is 0 Å². The maximum absolute atomic E-state index is 11.8. The van der Waals surface area contributed by atoms with Gasteiger partial charge in [-0.3, -0.25) is 4.79 Å². The van der Waals surface area contributed by atoms with E-state index < -0.39 is 0 Å². The van der Waals surface area contributed by atoms with Crippen molar-refractivity contribution in [3.63, 3.8) is 0 Å². The number of nitrogens with one attached hydrogen (secondary N) is 1. The van der Waals surface area contributed by atoms with Crippen LogP contribution < -0.4 is 5.32 Å². The van der Waals surface area contributed by atoms with Crippen molar-refractivity contribution >= 4 is 23.3 Å². The van der Waals surface area contributed by atoms with E-state index in [0.29, 0.717) is 6.54 Å². The zero-order valence-electron chi connectivity index (χ0n) is 12.2. The number of aryl methyl sites for hydroxylation is 1. The molecule has 1 aromatic carbocycles. The zero-order chi connectivity index (χ0) is 15.1. The van der Waals surface area contributed by atoms with Crippen molar-refractivity contribution in [2.45, 2.75) is 13.0 Å². The molecule has 2 aromatic rings. The molecule has 1 amide bonds. The van der Waals surface area contributed by atoms with Crippen molar-refractivity contribution in [3.8, 4) is 0 Å². The Hall–Kier alpha value is -1.91. The van der Waals surface area contributed by atoms with Crippen LogP contribution in [-0.4, -0.2) is 19.6 Å². The second kappa shape index (κ2) is 7.76. The highest BCUT2D eigenvalue weighted by Gasteiger charge is 2.13. The predicted octanol–water partition coefficient (Wildman–Crippen LogP) is 3.57. The molecule has 2 rings (SSSR count). The van der Waals surface area contributed by atoms with Crippen LogP contribution in [-0.2, 0) is 9.53 Å². The second-order valence-electron chi connectivity index (χ2n) is 4.72. The molecule has 0 radical (unpaired) electrons. The number of benzene rings is 1. The van der Waals surface area contributed by atoms with Gasteiger partial charge in [-0.25, -0.2) is 0 Å². The first kappa shape index (κ1) is 15.5. The van der Waals surface area contributed by atoms with Crippen LogP contribution in [0.15, 0.2) is 47.2 Å². The Kier molecular flexibility index (Phi) is 5.72. The highest BCUT2D eigenvalue weighted by Crippen LogP contribution is 2.19. The summed E-state index contributed by atoms with van der Waals surface area (Å²) in [4.78, 5) is 11.8. The average Bonchev–Trinajstić information content (AvgIpc) is 3.01. The summed E-state index contributed by atoms with van der Waals surface area (Å²) >= 11 is 1.61. The molecule has 0 fully saturated rings. The fraction of sp³-hybridized carbons (Fsp3) is 0.235. The minimum absolute atomic E-state index is 0.114. The topological polar surface area (TPSA) is 38.3 Å². The normalized spacial score (nSPS) is 12.5. The van der Waals surface area contributed by atoms with E-state index in [0.717, 1.165) is 16.7 Å². The van der Waals surface area contributed by atoms with Crippen molar-refractivity contribution in [3.05, 3.63) is 63.9 Å². The Morgan fingerprint density at radius 3 is 2.86 bits per heavy atom. The maximum Gasteiger partial charge on any atom is 0.244 e. The van der Waals surface area contributed by atoms with Crippen LogP contribution in [0.1, 0.15) is 22.8 Å². The molecule has 3 nitrogen and oxygen atoms in total. The number of rotatable bonds is 6. The number of hydrogen-bond acceptors (Lipinski definition) is 3. The summed E-state index contributed by atoms with van der Waals surface area (Å²) in [5, 5.41) is 6.85. The lowest BCUT2D eigenvalue weighted by Crippen LogP contribution is -2.27. The van der Waals surface area contributed by atoms with Gasteiger partial charge in [0, 0.05) is 19.7 Å². The molecule has 1 N–H and O–H groups in total. The van der Waals surface area contributed by atoms with Crippen molar-refractivity contribution in [2.24, 2.45) is 0 Å². The zero-order valence-corrected chi connectivity index (χ0v) is 13.0. The standard InChI is InChI=1S/C17H19NO2S/c1-13-5-3-4-6-15(13)16(20-2)11-18-17(19)8-7-14-9-10-21-12-14/h3-10,12,16H,11H2,1-2H3,(H,18,19)/b8-7+/t16-/m1/s1. The van der Waals surface area contributed by atoms with E-state index >= 15 is 0 Å².